The van der Waals surface area contributed by atoms with E-state index in [-0.39, 0.29) is 0 Å². The number of benzene rings is 2. The third kappa shape index (κ3) is 5.10. The zero-order valence-corrected chi connectivity index (χ0v) is 13.6. The van der Waals surface area contributed by atoms with Crippen molar-refractivity contribution in [2.45, 2.75) is 25.4 Å². The Balaban J connectivity index is 1.84. The van der Waals surface area contributed by atoms with Crippen LogP contribution in [-0.4, -0.2) is 0 Å². The number of hydrogen-bond acceptors (Lipinski definition) is 2. The van der Waals surface area contributed by atoms with Gasteiger partial charge in [-0.25, -0.2) is 0 Å². The average Bonchev–Trinajstić information content (AvgIpc) is 2.52. The van der Waals surface area contributed by atoms with Crippen LogP contribution in [-0.2, 0) is 11.5 Å². The van der Waals surface area contributed by atoms with Gasteiger partial charge in [0.1, 0.15) is 0 Å². The van der Waals surface area contributed by atoms with Crippen LogP contribution in [0.4, 0.5) is 0 Å². The lowest BCUT2D eigenvalue weighted by molar-refractivity contribution is 1.40. The van der Waals surface area contributed by atoms with Crippen LogP contribution < -0.4 is 0 Å². The highest BCUT2D eigenvalue weighted by Crippen LogP contribution is 2.31. The van der Waals surface area contributed by atoms with Crippen molar-refractivity contribution in [1.29, 1.82) is 0 Å². The Kier molecular flexibility index (Phi) is 6.28. The van der Waals surface area contributed by atoms with Gasteiger partial charge < -0.3 is 0 Å². The van der Waals surface area contributed by atoms with Crippen molar-refractivity contribution in [3.8, 4) is 0 Å². The van der Waals surface area contributed by atoms with Crippen LogP contribution in [0.5, 0.6) is 0 Å². The van der Waals surface area contributed by atoms with Crippen LogP contribution in [0.1, 0.15) is 25.0 Å². The van der Waals surface area contributed by atoms with Crippen molar-refractivity contribution in [2.75, 3.05) is 0 Å². The molecule has 0 aliphatic carbocycles. The molecule has 0 saturated heterocycles. The third-order valence-electron chi connectivity index (χ3n) is 3.09. The lowest BCUT2D eigenvalue weighted by atomic mass is 10.2. The summed E-state index contributed by atoms with van der Waals surface area (Å²) in [5.41, 5.74) is 2.77. The van der Waals surface area contributed by atoms with Crippen molar-refractivity contribution >= 4 is 23.5 Å². The Bertz CT molecular complexity index is 493. The summed E-state index contributed by atoms with van der Waals surface area (Å²) >= 11 is 3.86. The van der Waals surface area contributed by atoms with Gasteiger partial charge >= 0.3 is 0 Å². The van der Waals surface area contributed by atoms with Crippen molar-refractivity contribution in [2.24, 2.45) is 0 Å². The minimum Gasteiger partial charge on any atom is -0.125 e. The second kappa shape index (κ2) is 8.23. The van der Waals surface area contributed by atoms with Gasteiger partial charge in [-0.2, -0.15) is 0 Å². The molecule has 0 heterocycles. The lowest BCUT2D eigenvalue weighted by Crippen LogP contribution is -1.83. The highest BCUT2D eigenvalue weighted by atomic mass is 32.2. The normalized spacial score (nSPS) is 12.1. The molecule has 0 nitrogen and oxygen atoms in total. The zero-order valence-electron chi connectivity index (χ0n) is 12.0. The molecule has 104 valence electrons. The Labute approximate surface area is 130 Å². The number of rotatable bonds is 6. The van der Waals surface area contributed by atoms with Gasteiger partial charge in [-0.15, -0.1) is 23.5 Å². The van der Waals surface area contributed by atoms with Crippen molar-refractivity contribution in [3.05, 3.63) is 81.6 Å². The smallest absolute Gasteiger partial charge is 0.0228 e. The van der Waals surface area contributed by atoms with Crippen molar-refractivity contribution in [3.63, 3.8) is 0 Å². The standard InChI is InChI=1S/C18H20S2/c1-15(19-13-17-9-5-3-6-10-17)16(2)20-14-18-11-7-4-8-12-18/h3-12H,13-14H2,1-2H3. The van der Waals surface area contributed by atoms with Crippen LogP contribution in [0.2, 0.25) is 0 Å². The van der Waals surface area contributed by atoms with Gasteiger partial charge in [0.05, 0.1) is 0 Å². The number of hydrogen-bond donors (Lipinski definition) is 0. The highest BCUT2D eigenvalue weighted by Gasteiger charge is 2.01. The molecule has 0 aliphatic rings. The van der Waals surface area contributed by atoms with Gasteiger partial charge in [0, 0.05) is 11.5 Å². The minimum absolute atomic E-state index is 1.05. The largest absolute Gasteiger partial charge is 0.125 e. The fourth-order valence-corrected chi connectivity index (χ4v) is 3.65. The topological polar surface area (TPSA) is 0 Å². The van der Waals surface area contributed by atoms with E-state index in [4.69, 9.17) is 0 Å². The molecule has 20 heavy (non-hydrogen) atoms. The molecule has 0 saturated carbocycles. The van der Waals surface area contributed by atoms with Crippen LogP contribution in [0.25, 0.3) is 0 Å². The van der Waals surface area contributed by atoms with E-state index < -0.39 is 0 Å². The van der Waals surface area contributed by atoms with E-state index in [1.54, 1.807) is 0 Å². The van der Waals surface area contributed by atoms with E-state index in [1.165, 1.54) is 20.9 Å². The average molecular weight is 300 g/mol. The molecule has 0 aromatic heterocycles. The monoisotopic (exact) mass is 300 g/mol. The number of allylic oxidation sites excluding steroid dienone is 2. The molecule has 2 aromatic rings. The Hall–Kier alpha value is -1.12. The van der Waals surface area contributed by atoms with Gasteiger partial charge in [-0.05, 0) is 34.8 Å². The second-order valence-corrected chi connectivity index (χ2v) is 7.04. The van der Waals surface area contributed by atoms with E-state index in [1.807, 2.05) is 23.5 Å². The van der Waals surface area contributed by atoms with Crippen molar-refractivity contribution < 1.29 is 0 Å². The van der Waals surface area contributed by atoms with Crippen LogP contribution in [0, 0.1) is 0 Å². The SMILES string of the molecule is CC(SCc1ccccc1)=C(C)SCc1ccccc1. The van der Waals surface area contributed by atoms with Gasteiger partial charge in [-0.1, -0.05) is 60.7 Å². The molecule has 0 radical (unpaired) electrons. The summed E-state index contributed by atoms with van der Waals surface area (Å²) in [6.07, 6.45) is 0. The molecule has 2 rings (SSSR count). The Morgan fingerprint density at radius 1 is 0.650 bits per heavy atom. The first-order valence-electron chi connectivity index (χ1n) is 6.76. The molecule has 0 aliphatic heterocycles. The van der Waals surface area contributed by atoms with E-state index in [0.29, 0.717) is 0 Å². The maximum Gasteiger partial charge on any atom is 0.0228 e. The summed E-state index contributed by atoms with van der Waals surface area (Å²) in [4.78, 5) is 2.85. The quantitative estimate of drug-likeness (QED) is 0.631. The molecule has 0 atom stereocenters. The summed E-state index contributed by atoms with van der Waals surface area (Å²) in [7, 11) is 0. The van der Waals surface area contributed by atoms with Crippen LogP contribution in [0.15, 0.2) is 70.5 Å². The fourth-order valence-electron chi connectivity index (χ4n) is 1.73. The summed E-state index contributed by atoms with van der Waals surface area (Å²) < 4.78 is 0. The highest BCUT2D eigenvalue weighted by molar-refractivity contribution is 8.05. The lowest BCUT2D eigenvalue weighted by Gasteiger charge is -2.08. The Morgan fingerprint density at radius 3 is 1.35 bits per heavy atom. The summed E-state index contributed by atoms with van der Waals surface area (Å²) in [5.74, 6) is 2.10. The summed E-state index contributed by atoms with van der Waals surface area (Å²) in [6, 6.07) is 21.3. The first-order chi connectivity index (χ1) is 9.75. The number of thioether (sulfide) groups is 2. The Morgan fingerprint density at radius 2 is 1.00 bits per heavy atom. The van der Waals surface area contributed by atoms with Gasteiger partial charge in [-0.3, -0.25) is 0 Å². The van der Waals surface area contributed by atoms with Crippen LogP contribution >= 0.6 is 23.5 Å². The maximum atomic E-state index is 2.22. The first kappa shape index (κ1) is 15.3. The molecule has 0 fully saturated rings. The molecule has 0 bridgehead atoms. The molecule has 0 N–H and O–H groups in total. The van der Waals surface area contributed by atoms with Crippen molar-refractivity contribution in [1.82, 2.24) is 0 Å². The molecule has 0 spiro atoms. The van der Waals surface area contributed by atoms with E-state index in [0.717, 1.165) is 11.5 Å². The van der Waals surface area contributed by atoms with Gasteiger partial charge in [0.15, 0.2) is 0 Å². The predicted octanol–water partition coefficient (Wildman–Crippen LogP) is 6.10. The van der Waals surface area contributed by atoms with E-state index in [9.17, 15) is 0 Å². The summed E-state index contributed by atoms with van der Waals surface area (Å²) in [6.45, 7) is 4.45. The molecule has 2 heteroatoms. The van der Waals surface area contributed by atoms with Gasteiger partial charge in [0.2, 0.25) is 0 Å². The van der Waals surface area contributed by atoms with E-state index >= 15 is 0 Å². The van der Waals surface area contributed by atoms with E-state index in [2.05, 4.69) is 74.5 Å². The zero-order chi connectivity index (χ0) is 14.2. The first-order valence-corrected chi connectivity index (χ1v) is 8.74. The molecule has 0 unspecified atom stereocenters. The molecule has 0 amide bonds. The summed E-state index contributed by atoms with van der Waals surface area (Å²) in [5, 5.41) is 0. The maximum absolute atomic E-state index is 2.22. The van der Waals surface area contributed by atoms with Gasteiger partial charge in [0.25, 0.3) is 0 Å². The minimum atomic E-state index is 1.05. The molecular weight excluding hydrogens is 280 g/mol. The third-order valence-corrected chi connectivity index (χ3v) is 5.66. The van der Waals surface area contributed by atoms with Crippen LogP contribution in [0.3, 0.4) is 0 Å². The predicted molar refractivity (Wildman–Crippen MR) is 93.8 cm³/mol. The second-order valence-electron chi connectivity index (χ2n) is 4.66. The fraction of sp³-hybridized carbons (Fsp3) is 0.222. The molecule has 2 aromatic carbocycles. The molecular formula is C18H20S2.